The van der Waals surface area contributed by atoms with E-state index < -0.39 is 89.0 Å². The minimum absolute atomic E-state index is 0.0267. The number of nitrogens with one attached hydrogen (secondary N) is 2. The molecule has 0 unspecified atom stereocenters. The van der Waals surface area contributed by atoms with E-state index in [0.717, 1.165) is 5.56 Å². The monoisotopic (exact) mass is 1120 g/mol. The number of amides is 2. The summed E-state index contributed by atoms with van der Waals surface area (Å²) in [5.74, 6) is 0. The van der Waals surface area contributed by atoms with Gasteiger partial charge in [0.2, 0.25) is 0 Å². The van der Waals surface area contributed by atoms with Crippen molar-refractivity contribution in [1.82, 2.24) is 10.6 Å². The molecule has 0 aromatic heterocycles. The second-order valence-corrected chi connectivity index (χ2v) is 17.9. The number of nitrogens with zero attached hydrogens (tertiary/aromatic N) is 1. The van der Waals surface area contributed by atoms with Crippen LogP contribution in [0.5, 0.6) is 0 Å². The molecule has 0 radical (unpaired) electrons. The van der Waals surface area contributed by atoms with Crippen LogP contribution in [-0.4, -0.2) is 44.9 Å². The van der Waals surface area contributed by atoms with Gasteiger partial charge in [-0.05, 0) is 83.6 Å². The average molecular weight is 1120 g/mol. The highest BCUT2D eigenvalue weighted by atomic mass is 19.4. The molecule has 6 aromatic rings. The van der Waals surface area contributed by atoms with Crippen LogP contribution in [0.4, 0.5) is 62.3 Å². The van der Waals surface area contributed by atoms with Crippen LogP contribution in [0.3, 0.4) is 0 Å². The SMILES string of the molecule is CN=CC[C@](CO[C@H](C)c1cc(C(F)(F)F)cc(C(F)(F)F)c1)(NC(=O)OCc1ccccc1)c1ccccc1.C[C@@H](OC[C@@](CC=O)(NC(=O)OCc1ccccc1)c1ccccc1)c1cc(C(F)(F)F)cc(C(F)(F)F)c1. The molecule has 0 bridgehead atoms. The minimum atomic E-state index is -5.02. The molecule has 0 saturated heterocycles. The van der Waals surface area contributed by atoms with Crippen molar-refractivity contribution in [2.24, 2.45) is 4.99 Å². The van der Waals surface area contributed by atoms with Crippen LogP contribution in [0, 0.1) is 0 Å². The highest BCUT2D eigenvalue weighted by Crippen LogP contribution is 2.41. The Hall–Kier alpha value is -7.72. The highest BCUT2D eigenvalue weighted by molar-refractivity contribution is 5.71. The molecule has 2 N–H and O–H groups in total. The lowest BCUT2D eigenvalue weighted by Crippen LogP contribution is -2.50. The number of benzene rings is 6. The Morgan fingerprint density at radius 3 is 1.06 bits per heavy atom. The topological polar surface area (TPSA) is 125 Å². The molecule has 4 atom stereocenters. The third-order valence-electron chi connectivity index (χ3n) is 12.1. The highest BCUT2D eigenvalue weighted by Gasteiger charge is 2.41. The van der Waals surface area contributed by atoms with E-state index in [-0.39, 0.29) is 55.9 Å². The first kappa shape index (κ1) is 62.1. The van der Waals surface area contributed by atoms with Gasteiger partial charge in [-0.25, -0.2) is 9.59 Å². The summed E-state index contributed by atoms with van der Waals surface area (Å²) in [5.41, 5.74) is -6.95. The number of ether oxygens (including phenoxy) is 4. The second-order valence-electron chi connectivity index (χ2n) is 17.9. The Morgan fingerprint density at radius 1 is 0.468 bits per heavy atom. The van der Waals surface area contributed by atoms with Gasteiger partial charge in [-0.2, -0.15) is 52.7 Å². The van der Waals surface area contributed by atoms with Crippen LogP contribution < -0.4 is 10.6 Å². The fraction of sp³-hybridized carbons (Fsp3) is 0.298. The molecule has 10 nitrogen and oxygen atoms in total. The molecule has 6 aromatic carbocycles. The van der Waals surface area contributed by atoms with Gasteiger partial charge in [0.15, 0.2) is 0 Å². The molecule has 79 heavy (non-hydrogen) atoms. The molecule has 22 heteroatoms. The van der Waals surface area contributed by atoms with Crippen molar-refractivity contribution in [3.05, 3.63) is 213 Å². The fourth-order valence-electron chi connectivity index (χ4n) is 7.81. The molecule has 422 valence electrons. The first-order chi connectivity index (χ1) is 37.2. The molecule has 6 rings (SSSR count). The van der Waals surface area contributed by atoms with E-state index in [9.17, 15) is 67.1 Å². The molecule has 0 fully saturated rings. The van der Waals surface area contributed by atoms with Crippen molar-refractivity contribution in [2.75, 3.05) is 20.3 Å². The Morgan fingerprint density at radius 2 is 0.772 bits per heavy atom. The van der Waals surface area contributed by atoms with E-state index in [1.165, 1.54) is 27.1 Å². The number of carbonyl (C=O) groups is 3. The van der Waals surface area contributed by atoms with Crippen LogP contribution in [0.15, 0.2) is 163 Å². The quantitative estimate of drug-likeness (QED) is 0.0443. The van der Waals surface area contributed by atoms with Gasteiger partial charge in [0.1, 0.15) is 19.5 Å². The maximum absolute atomic E-state index is 13.4. The number of alkyl halides is 12. The first-order valence-corrected chi connectivity index (χ1v) is 23.9. The van der Waals surface area contributed by atoms with Crippen molar-refractivity contribution in [2.45, 2.75) is 87.9 Å². The summed E-state index contributed by atoms with van der Waals surface area (Å²) >= 11 is 0. The molecular formula is C57H53F12N3O7. The number of aldehydes is 1. The molecule has 0 aliphatic carbocycles. The zero-order valence-corrected chi connectivity index (χ0v) is 42.4. The molecule has 0 heterocycles. The smallest absolute Gasteiger partial charge is 0.416 e. The van der Waals surface area contributed by atoms with E-state index in [2.05, 4.69) is 15.6 Å². The summed E-state index contributed by atoms with van der Waals surface area (Å²) in [4.78, 5) is 41.3. The van der Waals surface area contributed by atoms with Crippen LogP contribution in [0.25, 0.3) is 0 Å². The zero-order valence-electron chi connectivity index (χ0n) is 42.4. The van der Waals surface area contributed by atoms with Gasteiger partial charge in [-0.3, -0.25) is 0 Å². The van der Waals surface area contributed by atoms with Gasteiger partial charge in [-0.1, -0.05) is 121 Å². The van der Waals surface area contributed by atoms with E-state index in [4.69, 9.17) is 18.9 Å². The Labute approximate surface area is 446 Å². The number of halogens is 12. The number of alkyl carbamates (subject to hydrolysis) is 2. The summed E-state index contributed by atoms with van der Waals surface area (Å²) in [6.45, 7) is 1.73. The Balaban J connectivity index is 0.000000291. The van der Waals surface area contributed by atoms with Crippen molar-refractivity contribution in [3.8, 4) is 0 Å². The molecule has 0 aliphatic heterocycles. The van der Waals surface area contributed by atoms with Gasteiger partial charge in [0.05, 0.1) is 58.8 Å². The summed E-state index contributed by atoms with van der Waals surface area (Å²) in [6, 6.07) is 37.0. The summed E-state index contributed by atoms with van der Waals surface area (Å²) in [5, 5.41) is 5.41. The van der Waals surface area contributed by atoms with Crippen LogP contribution >= 0.6 is 0 Å². The number of hydrogen-bond donors (Lipinski definition) is 2. The lowest BCUT2D eigenvalue weighted by molar-refractivity contribution is -0.145. The minimum Gasteiger partial charge on any atom is -0.445 e. The van der Waals surface area contributed by atoms with Crippen LogP contribution in [-0.2, 0) is 72.7 Å². The van der Waals surface area contributed by atoms with Gasteiger partial charge in [0, 0.05) is 26.1 Å². The lowest BCUT2D eigenvalue weighted by atomic mass is 9.87. The van der Waals surface area contributed by atoms with Gasteiger partial charge in [-0.15, -0.1) is 0 Å². The number of hydrogen-bond acceptors (Lipinski definition) is 8. The summed E-state index contributed by atoms with van der Waals surface area (Å²) in [6.07, 6.45) is -22.4. The molecule has 0 aliphatic rings. The average Bonchev–Trinajstić information content (AvgIpc) is 3.50. The van der Waals surface area contributed by atoms with Crippen molar-refractivity contribution < 1.29 is 86.0 Å². The third kappa shape index (κ3) is 18.4. The Kier molecular flexibility index (Phi) is 21.4. The number of carbonyl (C=O) groups excluding carboxylic acids is 3. The lowest BCUT2D eigenvalue weighted by Gasteiger charge is -2.35. The van der Waals surface area contributed by atoms with Crippen molar-refractivity contribution >= 4 is 24.7 Å². The molecule has 0 spiro atoms. The predicted molar refractivity (Wildman–Crippen MR) is 267 cm³/mol. The second kappa shape index (κ2) is 27.2. The molecule has 2 amide bonds. The van der Waals surface area contributed by atoms with Gasteiger partial charge >= 0.3 is 36.9 Å². The van der Waals surface area contributed by atoms with E-state index in [0.29, 0.717) is 47.2 Å². The van der Waals surface area contributed by atoms with Gasteiger partial charge in [0.25, 0.3) is 0 Å². The Bertz CT molecular complexity index is 2860. The maximum atomic E-state index is 13.4. The number of aliphatic imine (C=N–C) groups is 1. The van der Waals surface area contributed by atoms with Crippen molar-refractivity contribution in [1.29, 1.82) is 0 Å². The van der Waals surface area contributed by atoms with E-state index >= 15 is 0 Å². The fourth-order valence-corrected chi connectivity index (χ4v) is 7.81. The molecular weight excluding hydrogens is 1070 g/mol. The van der Waals surface area contributed by atoms with E-state index in [1.54, 1.807) is 115 Å². The zero-order chi connectivity index (χ0) is 58.1. The van der Waals surface area contributed by atoms with E-state index in [1.807, 2.05) is 6.07 Å². The van der Waals surface area contributed by atoms with Crippen LogP contribution in [0.1, 0.15) is 94.5 Å². The largest absolute Gasteiger partial charge is 0.445 e. The summed E-state index contributed by atoms with van der Waals surface area (Å²) in [7, 11) is 1.52. The predicted octanol–water partition coefficient (Wildman–Crippen LogP) is 14.9. The van der Waals surface area contributed by atoms with Crippen molar-refractivity contribution in [3.63, 3.8) is 0 Å². The summed E-state index contributed by atoms with van der Waals surface area (Å²) < 4.78 is 183. The van der Waals surface area contributed by atoms with Gasteiger partial charge < -0.3 is 39.4 Å². The number of rotatable bonds is 20. The maximum Gasteiger partial charge on any atom is 0.416 e. The standard InChI is InChI=1S/C29H28F6N2O3.C28H25F6NO4/c1-20(22-15-24(28(30,31)32)17-25(16-22)29(33,34)35)40-19-27(13-14-36-2,23-11-7-4-8-12-23)37-26(38)39-18-21-9-5-3-6-10-21;1-19(21-14-23(27(29,30)31)16-24(15-21)28(32,33)34)39-18-26(12-13-36,22-10-6-3-7-11-22)35-25(37)38-17-20-8-4-2-5-9-20/h3-12,14-17,20H,13,18-19H2,1-2H3,(H,37,38);2-11,13-16,19H,12,17-18H2,1H3,(H,35,37)/t20-,27-;19-,26-/m11/s1. The normalized spacial score (nSPS) is 14.4. The first-order valence-electron chi connectivity index (χ1n) is 23.9. The molecule has 0 saturated carbocycles. The third-order valence-corrected chi connectivity index (χ3v) is 12.1. The van der Waals surface area contributed by atoms with Crippen LogP contribution in [0.2, 0.25) is 0 Å².